The van der Waals surface area contributed by atoms with Crippen LogP contribution in [0.2, 0.25) is 5.02 Å². The number of nitrogen functional groups attached to an aromatic ring is 1. The topological polar surface area (TPSA) is 43.8 Å². The summed E-state index contributed by atoms with van der Waals surface area (Å²) >= 11 is 9.38. The smallest absolute Gasteiger partial charge is 0.132 e. The van der Waals surface area contributed by atoms with E-state index in [0.29, 0.717) is 23.1 Å². The Bertz CT molecular complexity index is 640. The van der Waals surface area contributed by atoms with E-state index >= 15 is 0 Å². The van der Waals surface area contributed by atoms with Crippen molar-refractivity contribution in [3.63, 3.8) is 0 Å². The molecule has 1 heterocycles. The standard InChI is InChI=1S/C13H11BrClN3/c1-3-6-18-8(2)17-12(13(18)16)10-5-4-9(15)7-11(10)14/h1,4-5,7H,6,16H2,2H3. The highest BCUT2D eigenvalue weighted by Crippen LogP contribution is 2.33. The first-order valence-corrected chi connectivity index (χ1v) is 6.43. The molecule has 0 atom stereocenters. The van der Waals surface area contributed by atoms with E-state index in [-0.39, 0.29) is 0 Å². The predicted molar refractivity (Wildman–Crippen MR) is 78.4 cm³/mol. The summed E-state index contributed by atoms with van der Waals surface area (Å²) in [5.74, 6) is 3.92. The summed E-state index contributed by atoms with van der Waals surface area (Å²) in [6.45, 7) is 2.29. The number of aromatic nitrogens is 2. The van der Waals surface area contributed by atoms with Gasteiger partial charge < -0.3 is 10.3 Å². The molecular formula is C13H11BrClN3. The molecule has 0 bridgehead atoms. The van der Waals surface area contributed by atoms with Crippen molar-refractivity contribution in [1.29, 1.82) is 0 Å². The van der Waals surface area contributed by atoms with Crippen LogP contribution in [0.15, 0.2) is 22.7 Å². The number of nitrogens with zero attached hydrogens (tertiary/aromatic N) is 2. The zero-order valence-corrected chi connectivity index (χ0v) is 12.1. The van der Waals surface area contributed by atoms with Gasteiger partial charge in [0.2, 0.25) is 0 Å². The molecule has 92 valence electrons. The molecule has 0 aliphatic carbocycles. The Kier molecular flexibility index (Phi) is 3.65. The van der Waals surface area contributed by atoms with Crippen LogP contribution in [0.25, 0.3) is 11.3 Å². The summed E-state index contributed by atoms with van der Waals surface area (Å²) in [4.78, 5) is 4.46. The van der Waals surface area contributed by atoms with Crippen LogP contribution >= 0.6 is 27.5 Å². The number of rotatable bonds is 2. The maximum atomic E-state index is 6.08. The molecule has 0 saturated carbocycles. The Morgan fingerprint density at radius 2 is 2.28 bits per heavy atom. The fourth-order valence-corrected chi connectivity index (χ4v) is 2.62. The van der Waals surface area contributed by atoms with E-state index in [0.717, 1.165) is 15.9 Å². The van der Waals surface area contributed by atoms with Crippen LogP contribution in [-0.4, -0.2) is 9.55 Å². The molecule has 5 heteroatoms. The monoisotopic (exact) mass is 323 g/mol. The van der Waals surface area contributed by atoms with Crippen molar-refractivity contribution in [3.05, 3.63) is 33.5 Å². The van der Waals surface area contributed by atoms with E-state index in [1.165, 1.54) is 0 Å². The number of halogens is 2. The zero-order valence-electron chi connectivity index (χ0n) is 9.74. The van der Waals surface area contributed by atoms with Crippen molar-refractivity contribution < 1.29 is 0 Å². The minimum Gasteiger partial charge on any atom is -0.383 e. The highest BCUT2D eigenvalue weighted by atomic mass is 79.9. The molecule has 0 spiro atoms. The van der Waals surface area contributed by atoms with E-state index in [1.54, 1.807) is 10.6 Å². The van der Waals surface area contributed by atoms with Crippen LogP contribution < -0.4 is 5.73 Å². The van der Waals surface area contributed by atoms with Crippen LogP contribution in [0.5, 0.6) is 0 Å². The van der Waals surface area contributed by atoms with Crippen LogP contribution in [0.1, 0.15) is 5.82 Å². The zero-order chi connectivity index (χ0) is 13.3. The normalized spacial score (nSPS) is 10.3. The summed E-state index contributed by atoms with van der Waals surface area (Å²) in [5, 5.41) is 0.656. The maximum absolute atomic E-state index is 6.08. The number of benzene rings is 1. The van der Waals surface area contributed by atoms with Gasteiger partial charge in [-0.1, -0.05) is 39.5 Å². The van der Waals surface area contributed by atoms with Gasteiger partial charge in [0.1, 0.15) is 17.3 Å². The molecule has 0 aliphatic rings. The summed E-state index contributed by atoms with van der Waals surface area (Å²) in [7, 11) is 0. The van der Waals surface area contributed by atoms with Gasteiger partial charge >= 0.3 is 0 Å². The summed E-state index contributed by atoms with van der Waals surface area (Å²) < 4.78 is 2.66. The van der Waals surface area contributed by atoms with Crippen LogP contribution in [-0.2, 0) is 6.54 Å². The molecule has 3 nitrogen and oxygen atoms in total. The van der Waals surface area contributed by atoms with Crippen molar-refractivity contribution in [2.75, 3.05) is 5.73 Å². The summed E-state index contributed by atoms with van der Waals surface area (Å²) in [6, 6.07) is 5.49. The van der Waals surface area contributed by atoms with Crippen molar-refractivity contribution in [1.82, 2.24) is 9.55 Å². The summed E-state index contributed by atoms with van der Waals surface area (Å²) in [6.07, 6.45) is 5.32. The van der Waals surface area contributed by atoms with E-state index in [4.69, 9.17) is 23.8 Å². The molecule has 18 heavy (non-hydrogen) atoms. The second kappa shape index (κ2) is 5.05. The third kappa shape index (κ3) is 2.24. The number of anilines is 1. The SMILES string of the molecule is C#CCn1c(C)nc(-c2ccc(Cl)cc2Br)c1N. The number of aryl methyl sites for hydroxylation is 1. The number of nitrogens with two attached hydrogens (primary N) is 1. The Labute approximate surface area is 119 Å². The Morgan fingerprint density at radius 3 is 2.89 bits per heavy atom. The van der Waals surface area contributed by atoms with Crippen molar-refractivity contribution in [3.8, 4) is 23.6 Å². The minimum absolute atomic E-state index is 0.413. The number of terminal acetylenes is 1. The average molecular weight is 325 g/mol. The van der Waals surface area contributed by atoms with Gasteiger partial charge in [-0.25, -0.2) is 4.98 Å². The summed E-state index contributed by atoms with van der Waals surface area (Å²) in [5.41, 5.74) is 7.69. The van der Waals surface area contributed by atoms with E-state index in [9.17, 15) is 0 Å². The molecule has 2 aromatic rings. The first-order chi connectivity index (χ1) is 8.54. The predicted octanol–water partition coefficient (Wildman–Crippen LogP) is 3.49. The molecular weight excluding hydrogens is 314 g/mol. The van der Waals surface area contributed by atoms with E-state index in [2.05, 4.69) is 26.8 Å². The lowest BCUT2D eigenvalue weighted by Crippen LogP contribution is -2.03. The fraction of sp³-hybridized carbons (Fsp3) is 0.154. The van der Waals surface area contributed by atoms with Gasteiger partial charge in [0.05, 0.1) is 6.54 Å². The number of hydrogen-bond acceptors (Lipinski definition) is 2. The minimum atomic E-state index is 0.413. The fourth-order valence-electron chi connectivity index (χ4n) is 1.75. The Hall–Kier alpha value is -1.44. The molecule has 0 unspecified atom stereocenters. The van der Waals surface area contributed by atoms with Gasteiger partial charge in [0.15, 0.2) is 0 Å². The molecule has 0 amide bonds. The first kappa shape index (κ1) is 13.0. The molecule has 2 rings (SSSR count). The number of imidazole rings is 1. The highest BCUT2D eigenvalue weighted by molar-refractivity contribution is 9.10. The van der Waals surface area contributed by atoms with Crippen LogP contribution in [0.4, 0.5) is 5.82 Å². The highest BCUT2D eigenvalue weighted by Gasteiger charge is 2.15. The lowest BCUT2D eigenvalue weighted by atomic mass is 10.1. The maximum Gasteiger partial charge on any atom is 0.132 e. The largest absolute Gasteiger partial charge is 0.383 e. The molecule has 0 aliphatic heterocycles. The lowest BCUT2D eigenvalue weighted by Gasteiger charge is -2.05. The Morgan fingerprint density at radius 1 is 1.56 bits per heavy atom. The molecule has 0 fully saturated rings. The number of hydrogen-bond donors (Lipinski definition) is 1. The molecule has 1 aromatic carbocycles. The van der Waals surface area contributed by atoms with Crippen LogP contribution in [0.3, 0.4) is 0 Å². The van der Waals surface area contributed by atoms with Gasteiger partial charge in [0, 0.05) is 15.1 Å². The average Bonchev–Trinajstić information content (AvgIpc) is 2.58. The lowest BCUT2D eigenvalue weighted by molar-refractivity contribution is 0.807. The van der Waals surface area contributed by atoms with Gasteiger partial charge in [-0.3, -0.25) is 0 Å². The molecule has 1 aromatic heterocycles. The van der Waals surface area contributed by atoms with Crippen molar-refractivity contribution in [2.45, 2.75) is 13.5 Å². The third-order valence-corrected chi connectivity index (χ3v) is 3.52. The molecule has 0 saturated heterocycles. The Balaban J connectivity index is 2.58. The van der Waals surface area contributed by atoms with E-state index < -0.39 is 0 Å². The quantitative estimate of drug-likeness (QED) is 0.859. The van der Waals surface area contributed by atoms with E-state index in [1.807, 2.05) is 19.1 Å². The van der Waals surface area contributed by atoms with Crippen LogP contribution in [0, 0.1) is 19.3 Å². The van der Waals surface area contributed by atoms with Gasteiger partial charge in [-0.2, -0.15) is 0 Å². The molecule has 2 N–H and O–H groups in total. The van der Waals surface area contributed by atoms with Crippen molar-refractivity contribution >= 4 is 33.3 Å². The second-order valence-electron chi connectivity index (χ2n) is 3.81. The molecule has 0 radical (unpaired) electrons. The first-order valence-electron chi connectivity index (χ1n) is 5.26. The van der Waals surface area contributed by atoms with Gasteiger partial charge in [0.25, 0.3) is 0 Å². The second-order valence-corrected chi connectivity index (χ2v) is 5.10. The van der Waals surface area contributed by atoms with Gasteiger partial charge in [-0.05, 0) is 19.1 Å². The van der Waals surface area contributed by atoms with Crippen molar-refractivity contribution in [2.24, 2.45) is 0 Å². The third-order valence-electron chi connectivity index (χ3n) is 2.63. The van der Waals surface area contributed by atoms with Gasteiger partial charge in [-0.15, -0.1) is 6.42 Å².